The summed E-state index contributed by atoms with van der Waals surface area (Å²) in [4.78, 5) is 24.4. The first-order chi connectivity index (χ1) is 15.1. The van der Waals surface area contributed by atoms with Crippen molar-refractivity contribution in [1.29, 1.82) is 0 Å². The molecule has 0 spiro atoms. The highest BCUT2D eigenvalue weighted by Gasteiger charge is 2.49. The number of phenols is 4. The number of aliphatic hydroxyl groups is 3. The quantitative estimate of drug-likeness (QED) is 0.241. The highest BCUT2D eigenvalue weighted by molar-refractivity contribution is 6.00. The molecule has 3 rings (SSSR count). The molecule has 1 saturated heterocycles. The molecule has 11 heteroatoms. The van der Waals surface area contributed by atoms with Crippen molar-refractivity contribution in [3.63, 3.8) is 0 Å². The largest absolute Gasteiger partial charge is 0.508 e. The lowest BCUT2D eigenvalue weighted by Crippen LogP contribution is -2.56. The van der Waals surface area contributed by atoms with Crippen molar-refractivity contribution >= 4 is 11.8 Å². The fourth-order valence-electron chi connectivity index (χ4n) is 3.53. The number of carbonyl (C=O) groups is 2. The molecule has 11 nitrogen and oxygen atoms in total. The molecular weight excluding hydrogens is 428 g/mol. The van der Waals surface area contributed by atoms with Gasteiger partial charge in [0.05, 0.1) is 17.7 Å². The lowest BCUT2D eigenvalue weighted by molar-refractivity contribution is -0.232. The lowest BCUT2D eigenvalue weighted by atomic mass is 9.88. The zero-order valence-electron chi connectivity index (χ0n) is 16.7. The monoisotopic (exact) mass is 450 g/mol. The smallest absolute Gasteiger partial charge is 0.338 e. The fraction of sp³-hybridized carbons (Fsp3) is 0.333. The number of hydrogen-bond donors (Lipinski definition) is 7. The van der Waals surface area contributed by atoms with E-state index in [0.717, 1.165) is 13.0 Å². The second kappa shape index (κ2) is 9.01. The normalized spacial score (nSPS) is 25.3. The van der Waals surface area contributed by atoms with Gasteiger partial charge in [0.25, 0.3) is 0 Å². The summed E-state index contributed by atoms with van der Waals surface area (Å²) < 4.78 is 10.8. The molecule has 1 aliphatic heterocycles. The van der Waals surface area contributed by atoms with Gasteiger partial charge in [-0.05, 0) is 31.2 Å². The summed E-state index contributed by atoms with van der Waals surface area (Å²) in [6.45, 7) is 0.279. The second-order valence-electron chi connectivity index (χ2n) is 7.28. The van der Waals surface area contributed by atoms with Gasteiger partial charge < -0.3 is 45.2 Å². The molecule has 0 bridgehead atoms. The molecule has 0 aromatic heterocycles. The zero-order valence-corrected chi connectivity index (χ0v) is 16.7. The summed E-state index contributed by atoms with van der Waals surface area (Å²) >= 11 is 0. The average molecular weight is 450 g/mol. The first-order valence-electron chi connectivity index (χ1n) is 9.48. The van der Waals surface area contributed by atoms with Crippen LogP contribution < -0.4 is 0 Å². The number of aliphatic hydroxyl groups excluding tert-OH is 3. The van der Waals surface area contributed by atoms with E-state index in [1.54, 1.807) is 0 Å². The summed E-state index contributed by atoms with van der Waals surface area (Å²) in [5.74, 6) is -4.22. The minimum Gasteiger partial charge on any atom is -0.508 e. The van der Waals surface area contributed by atoms with Gasteiger partial charge in [0.15, 0.2) is 11.9 Å². The molecule has 7 N–H and O–H groups in total. The van der Waals surface area contributed by atoms with Crippen LogP contribution in [0.5, 0.6) is 23.0 Å². The maximum Gasteiger partial charge on any atom is 0.338 e. The van der Waals surface area contributed by atoms with E-state index in [2.05, 4.69) is 0 Å². The number of rotatable bonds is 5. The number of ether oxygens (including phenoxy) is 2. The number of Topliss-reactive ketones (excluding diaryl/α,β-unsaturated/α-hetero) is 1. The summed E-state index contributed by atoms with van der Waals surface area (Å²) in [7, 11) is 0. The third-order valence-electron chi connectivity index (χ3n) is 5.15. The molecule has 0 aliphatic carbocycles. The van der Waals surface area contributed by atoms with E-state index < -0.39 is 77.3 Å². The van der Waals surface area contributed by atoms with Gasteiger partial charge in [-0.3, -0.25) is 4.79 Å². The standard InChI is InChI=1S/C21H22O11/c1-8(23)14-11(25)6-12(26)15(17(14)28)19-20(18(29)16(27)13(7-22)31-19)32-21(30)9-2-4-10(24)5-3-9/h2-6,13,16,18-20,22,24-29H,7H2,1H3. The number of aromatic hydroxyl groups is 4. The van der Waals surface area contributed by atoms with E-state index in [0.29, 0.717) is 0 Å². The van der Waals surface area contributed by atoms with Crippen LogP contribution in [0.15, 0.2) is 30.3 Å². The average Bonchev–Trinajstić information content (AvgIpc) is 2.72. The predicted molar refractivity (Wildman–Crippen MR) is 105 cm³/mol. The molecule has 1 heterocycles. The second-order valence-corrected chi connectivity index (χ2v) is 7.28. The van der Waals surface area contributed by atoms with Crippen molar-refractivity contribution in [2.45, 2.75) is 37.4 Å². The van der Waals surface area contributed by atoms with Crippen molar-refractivity contribution in [3.05, 3.63) is 47.0 Å². The van der Waals surface area contributed by atoms with Gasteiger partial charge in [0.2, 0.25) is 0 Å². The van der Waals surface area contributed by atoms with Crippen LogP contribution in [0.25, 0.3) is 0 Å². The van der Waals surface area contributed by atoms with Crippen molar-refractivity contribution in [1.82, 2.24) is 0 Å². The molecule has 5 unspecified atom stereocenters. The van der Waals surface area contributed by atoms with Crippen LogP contribution in [0.3, 0.4) is 0 Å². The van der Waals surface area contributed by atoms with Crippen LogP contribution in [0.2, 0.25) is 0 Å². The number of esters is 1. The minimum absolute atomic E-state index is 0.0314. The fourth-order valence-corrected chi connectivity index (χ4v) is 3.53. The Labute approximate surface area is 181 Å². The Morgan fingerprint density at radius 1 is 1.00 bits per heavy atom. The maximum absolute atomic E-state index is 12.6. The molecular formula is C21H22O11. The maximum atomic E-state index is 12.6. The van der Waals surface area contributed by atoms with Crippen LogP contribution in [0.4, 0.5) is 0 Å². The molecule has 2 aromatic carbocycles. The van der Waals surface area contributed by atoms with Crippen molar-refractivity contribution in [2.24, 2.45) is 0 Å². The zero-order chi connectivity index (χ0) is 23.7. The van der Waals surface area contributed by atoms with Gasteiger partial charge in [-0.2, -0.15) is 0 Å². The van der Waals surface area contributed by atoms with E-state index in [1.165, 1.54) is 24.3 Å². The summed E-state index contributed by atoms with van der Waals surface area (Å²) in [6, 6.07) is 5.67. The SMILES string of the molecule is CC(=O)c1c(O)cc(O)c(C2OC(CO)C(O)C(O)C2OC(=O)c2ccc(O)cc2)c1O. The molecule has 5 atom stereocenters. The molecule has 1 fully saturated rings. The van der Waals surface area contributed by atoms with Crippen LogP contribution in [-0.4, -0.2) is 78.5 Å². The van der Waals surface area contributed by atoms with E-state index >= 15 is 0 Å². The van der Waals surface area contributed by atoms with E-state index in [9.17, 15) is 45.3 Å². The van der Waals surface area contributed by atoms with Crippen molar-refractivity contribution < 1.29 is 54.8 Å². The molecule has 0 amide bonds. The molecule has 1 aliphatic rings. The number of hydrogen-bond acceptors (Lipinski definition) is 11. The molecule has 172 valence electrons. The number of benzene rings is 2. The lowest BCUT2D eigenvalue weighted by Gasteiger charge is -2.42. The first-order valence-corrected chi connectivity index (χ1v) is 9.48. The number of ketones is 1. The van der Waals surface area contributed by atoms with Crippen LogP contribution >= 0.6 is 0 Å². The predicted octanol–water partition coefficient (Wildman–Crippen LogP) is 0.0912. The Bertz CT molecular complexity index is 1020. The Morgan fingerprint density at radius 3 is 2.19 bits per heavy atom. The summed E-state index contributed by atoms with van der Waals surface area (Å²) in [5, 5.41) is 70.6. The van der Waals surface area contributed by atoms with Crippen LogP contribution in [0.1, 0.15) is 39.3 Å². The van der Waals surface area contributed by atoms with Crippen molar-refractivity contribution in [2.75, 3.05) is 6.61 Å². The Balaban J connectivity index is 2.08. The number of carbonyl (C=O) groups excluding carboxylic acids is 2. The van der Waals surface area contributed by atoms with E-state index in [4.69, 9.17) is 9.47 Å². The highest BCUT2D eigenvalue weighted by Crippen LogP contribution is 2.46. The molecule has 0 radical (unpaired) electrons. The van der Waals surface area contributed by atoms with Gasteiger partial charge in [-0.25, -0.2) is 4.79 Å². The van der Waals surface area contributed by atoms with Gasteiger partial charge in [-0.1, -0.05) is 0 Å². The Hall–Kier alpha value is -3.38. The Kier molecular flexibility index (Phi) is 6.55. The van der Waals surface area contributed by atoms with E-state index in [1.807, 2.05) is 0 Å². The van der Waals surface area contributed by atoms with E-state index in [-0.39, 0.29) is 11.3 Å². The minimum atomic E-state index is -1.83. The number of phenolic OH excluding ortho intramolecular Hbond substituents is 4. The topological polar surface area (TPSA) is 194 Å². The Morgan fingerprint density at radius 2 is 1.62 bits per heavy atom. The molecule has 2 aromatic rings. The first kappa shape index (κ1) is 23.3. The molecule has 32 heavy (non-hydrogen) atoms. The third-order valence-corrected chi connectivity index (χ3v) is 5.15. The van der Waals surface area contributed by atoms with Crippen LogP contribution in [0, 0.1) is 0 Å². The summed E-state index contributed by atoms with van der Waals surface area (Å²) in [6.07, 6.45) is -8.30. The van der Waals surface area contributed by atoms with Crippen molar-refractivity contribution in [3.8, 4) is 23.0 Å². The van der Waals surface area contributed by atoms with Gasteiger partial charge in [0, 0.05) is 6.07 Å². The third kappa shape index (κ3) is 4.18. The highest BCUT2D eigenvalue weighted by atomic mass is 16.6. The van der Waals surface area contributed by atoms with Gasteiger partial charge >= 0.3 is 5.97 Å². The van der Waals surface area contributed by atoms with Gasteiger partial charge in [-0.15, -0.1) is 0 Å². The van der Waals surface area contributed by atoms with Gasteiger partial charge in [0.1, 0.15) is 53.0 Å². The summed E-state index contributed by atoms with van der Waals surface area (Å²) in [5.41, 5.74) is -1.08. The van der Waals surface area contributed by atoms with Crippen LogP contribution in [-0.2, 0) is 9.47 Å². The molecule has 0 saturated carbocycles.